The molecule has 0 spiro atoms. The lowest BCUT2D eigenvalue weighted by atomic mass is 10.1. The molecule has 159 valence electrons. The first-order chi connectivity index (χ1) is 15.5. The van der Waals surface area contributed by atoms with E-state index in [0.717, 1.165) is 0 Å². The van der Waals surface area contributed by atoms with E-state index in [2.05, 4.69) is 20.4 Å². The molecular formula is C22H12Cl2F2N5S. The maximum atomic E-state index is 14.5. The number of rotatable bonds is 6. The second-order valence-electron chi connectivity index (χ2n) is 6.39. The average molecular weight is 487 g/mol. The predicted molar refractivity (Wildman–Crippen MR) is 126 cm³/mol. The van der Waals surface area contributed by atoms with Crippen molar-refractivity contribution in [2.45, 2.75) is 0 Å². The van der Waals surface area contributed by atoms with Crippen LogP contribution in [-0.4, -0.2) is 20.4 Å². The van der Waals surface area contributed by atoms with Gasteiger partial charge in [-0.2, -0.15) is 0 Å². The number of hydrogen-bond donors (Lipinski definition) is 0. The van der Waals surface area contributed by atoms with Gasteiger partial charge in [0.05, 0.1) is 23.8 Å². The van der Waals surface area contributed by atoms with Crippen LogP contribution in [0.15, 0.2) is 73.1 Å². The average Bonchev–Trinajstić information content (AvgIpc) is 2.77. The maximum Gasteiger partial charge on any atom is 0.158 e. The normalized spacial score (nSPS) is 10.6. The quantitative estimate of drug-likeness (QED) is 0.168. The van der Waals surface area contributed by atoms with E-state index in [4.69, 9.17) is 35.4 Å². The van der Waals surface area contributed by atoms with Crippen molar-refractivity contribution in [1.82, 2.24) is 15.0 Å². The Morgan fingerprint density at radius 1 is 0.781 bits per heavy atom. The number of benzene rings is 2. The highest BCUT2D eigenvalue weighted by Gasteiger charge is 2.23. The molecule has 10 heteroatoms. The lowest BCUT2D eigenvalue weighted by molar-refractivity contribution is 0.627. The molecule has 0 unspecified atom stereocenters. The Hall–Kier alpha value is -3.20. The summed E-state index contributed by atoms with van der Waals surface area (Å²) in [6.07, 6.45) is 2.82. The summed E-state index contributed by atoms with van der Waals surface area (Å²) in [6.45, 7) is 0. The molecule has 2 heterocycles. The molecule has 4 rings (SSSR count). The van der Waals surface area contributed by atoms with E-state index in [-0.39, 0.29) is 16.1 Å². The molecule has 0 saturated heterocycles. The van der Waals surface area contributed by atoms with E-state index >= 15 is 0 Å². The summed E-state index contributed by atoms with van der Waals surface area (Å²) in [4.78, 5) is 15.6. The molecule has 0 atom stereocenters. The van der Waals surface area contributed by atoms with Crippen LogP contribution in [0.2, 0.25) is 10.3 Å². The molecule has 5 nitrogen and oxygen atoms in total. The fourth-order valence-electron chi connectivity index (χ4n) is 3.03. The van der Waals surface area contributed by atoms with Crippen LogP contribution < -0.4 is 9.80 Å². The van der Waals surface area contributed by atoms with Gasteiger partial charge in [-0.1, -0.05) is 41.5 Å². The minimum absolute atomic E-state index is 0.147. The fourth-order valence-corrected chi connectivity index (χ4v) is 3.53. The van der Waals surface area contributed by atoms with Gasteiger partial charge in [0.25, 0.3) is 0 Å². The Bertz CT molecular complexity index is 1270. The minimum Gasteiger partial charge on any atom is -0.293 e. The van der Waals surface area contributed by atoms with Crippen LogP contribution in [0.1, 0.15) is 0 Å². The molecule has 0 fully saturated rings. The summed E-state index contributed by atoms with van der Waals surface area (Å²) in [6, 6.07) is 14.7. The third-order valence-electron chi connectivity index (χ3n) is 4.35. The number of aromatic nitrogens is 3. The Morgan fingerprint density at radius 2 is 1.50 bits per heavy atom. The molecule has 32 heavy (non-hydrogen) atoms. The van der Waals surface area contributed by atoms with E-state index in [0.29, 0.717) is 22.9 Å². The van der Waals surface area contributed by atoms with Gasteiger partial charge in [0.2, 0.25) is 0 Å². The van der Waals surface area contributed by atoms with E-state index in [9.17, 15) is 8.78 Å². The second kappa shape index (κ2) is 9.52. The molecule has 0 aliphatic rings. The number of anilines is 5. The summed E-state index contributed by atoms with van der Waals surface area (Å²) >= 11 is 17.2. The van der Waals surface area contributed by atoms with Crippen molar-refractivity contribution in [3.8, 4) is 0 Å². The van der Waals surface area contributed by atoms with Crippen molar-refractivity contribution in [3.63, 3.8) is 0 Å². The molecule has 2 aromatic carbocycles. The van der Waals surface area contributed by atoms with Gasteiger partial charge in [-0.05, 0) is 48.5 Å². The van der Waals surface area contributed by atoms with Crippen molar-refractivity contribution in [3.05, 3.63) is 95.0 Å². The zero-order chi connectivity index (χ0) is 22.7. The van der Waals surface area contributed by atoms with Crippen molar-refractivity contribution in [1.29, 1.82) is 0 Å². The van der Waals surface area contributed by atoms with Crippen molar-refractivity contribution in [2.75, 3.05) is 9.80 Å². The molecule has 2 aromatic heterocycles. The zero-order valence-electron chi connectivity index (χ0n) is 16.1. The lowest BCUT2D eigenvalue weighted by Gasteiger charge is -2.29. The maximum absolute atomic E-state index is 14.5. The third-order valence-corrected chi connectivity index (χ3v) is 4.92. The van der Waals surface area contributed by atoms with Crippen LogP contribution in [0.4, 0.5) is 37.5 Å². The zero-order valence-corrected chi connectivity index (χ0v) is 18.4. The molecule has 0 saturated carbocycles. The first-order valence-corrected chi connectivity index (χ1v) is 10.3. The molecule has 4 aromatic rings. The fraction of sp³-hybridized carbons (Fsp3) is 0. The van der Waals surface area contributed by atoms with Gasteiger partial charge in [0.1, 0.15) is 33.2 Å². The Kier molecular flexibility index (Phi) is 6.55. The van der Waals surface area contributed by atoms with Gasteiger partial charge in [-0.3, -0.25) is 14.8 Å². The Balaban J connectivity index is 1.96. The van der Waals surface area contributed by atoms with E-state index in [1.807, 2.05) is 0 Å². The van der Waals surface area contributed by atoms with Crippen molar-refractivity contribution in [2.24, 2.45) is 0 Å². The highest BCUT2D eigenvalue weighted by Crippen LogP contribution is 2.41. The summed E-state index contributed by atoms with van der Waals surface area (Å²) in [5.41, 5.74) is 3.84. The van der Waals surface area contributed by atoms with Crippen LogP contribution in [-0.2, 0) is 0 Å². The van der Waals surface area contributed by atoms with Crippen molar-refractivity contribution >= 4 is 69.6 Å². The predicted octanol–water partition coefficient (Wildman–Crippen LogP) is 6.90. The molecule has 0 amide bonds. The topological polar surface area (TPSA) is 45.2 Å². The van der Waals surface area contributed by atoms with Crippen LogP contribution in [0.25, 0.3) is 0 Å². The van der Waals surface area contributed by atoms with E-state index in [1.54, 1.807) is 23.1 Å². The minimum atomic E-state index is -0.514. The van der Waals surface area contributed by atoms with Crippen molar-refractivity contribution < 1.29 is 8.78 Å². The Labute approximate surface area is 197 Å². The number of thiocarbonyl (C=S) groups is 1. The van der Waals surface area contributed by atoms with Gasteiger partial charge in [0, 0.05) is 11.8 Å². The standard InChI is InChI=1S/C22H12Cl2F2N5S/c23-19-2-1-3-21(28-19)31(16-7-4-14(25)5-8-16)18-10-15(26)6-9-17(18)30(13-32)22-12-27-11-20(24)29-22/h1-12H. The van der Waals surface area contributed by atoms with E-state index < -0.39 is 11.6 Å². The van der Waals surface area contributed by atoms with Crippen LogP contribution in [0, 0.1) is 11.6 Å². The van der Waals surface area contributed by atoms with Gasteiger partial charge in [0.15, 0.2) is 5.82 Å². The SMILES string of the molecule is Fc1ccc(N(c2cccc(Cl)n2)c2cc(F)ccc2N([C]=S)c2cncc(Cl)n2)cc1. The van der Waals surface area contributed by atoms with Crippen LogP contribution in [0.3, 0.4) is 0 Å². The second-order valence-corrected chi connectivity index (χ2v) is 7.35. The number of nitrogens with zero attached hydrogens (tertiary/aromatic N) is 5. The number of hydrogen-bond acceptors (Lipinski definition) is 5. The first kappa shape index (κ1) is 22.0. The van der Waals surface area contributed by atoms with Gasteiger partial charge in [-0.25, -0.2) is 18.7 Å². The molecule has 0 N–H and O–H groups in total. The highest BCUT2D eigenvalue weighted by atomic mass is 35.5. The highest BCUT2D eigenvalue weighted by molar-refractivity contribution is 7.79. The van der Waals surface area contributed by atoms with Gasteiger partial charge < -0.3 is 0 Å². The smallest absolute Gasteiger partial charge is 0.158 e. The molecule has 0 bridgehead atoms. The summed E-state index contributed by atoms with van der Waals surface area (Å²) in [5, 5.41) is 0.375. The molecule has 0 aliphatic heterocycles. The summed E-state index contributed by atoms with van der Waals surface area (Å²) in [7, 11) is 0. The largest absolute Gasteiger partial charge is 0.293 e. The van der Waals surface area contributed by atoms with Gasteiger partial charge >= 0.3 is 0 Å². The Morgan fingerprint density at radius 3 is 2.19 bits per heavy atom. The molecule has 1 radical (unpaired) electrons. The molecule has 0 aliphatic carbocycles. The monoisotopic (exact) mass is 486 g/mol. The summed E-state index contributed by atoms with van der Waals surface area (Å²) in [5.74, 6) is -0.286. The third kappa shape index (κ3) is 4.67. The van der Waals surface area contributed by atoms with Crippen LogP contribution >= 0.6 is 35.4 Å². The van der Waals surface area contributed by atoms with Gasteiger partial charge in [-0.15, -0.1) is 0 Å². The first-order valence-electron chi connectivity index (χ1n) is 9.09. The number of pyridine rings is 1. The number of halogens is 4. The van der Waals surface area contributed by atoms with E-state index in [1.165, 1.54) is 59.8 Å². The molecular weight excluding hydrogens is 475 g/mol. The summed E-state index contributed by atoms with van der Waals surface area (Å²) < 4.78 is 28.1. The van der Waals surface area contributed by atoms with Crippen LogP contribution in [0.5, 0.6) is 0 Å². The lowest BCUT2D eigenvalue weighted by Crippen LogP contribution is -2.20.